The smallest absolute Gasteiger partial charge is 0.284 e. The number of rotatable bonds is 3. The number of nitrogens with zero attached hydrogens (tertiary/aromatic N) is 6. The van der Waals surface area contributed by atoms with Gasteiger partial charge in [-0.2, -0.15) is 4.68 Å². The molecule has 1 saturated heterocycles. The summed E-state index contributed by atoms with van der Waals surface area (Å²) in [5.41, 5.74) is 0.986. The van der Waals surface area contributed by atoms with Crippen LogP contribution in [-0.2, 0) is 11.3 Å². The largest absolute Gasteiger partial charge is 0.341 e. The molecule has 4 rings (SSSR count). The lowest BCUT2D eigenvalue weighted by atomic mass is 10.2. The Labute approximate surface area is 150 Å². The Hall–Kier alpha value is -3.03. The summed E-state index contributed by atoms with van der Waals surface area (Å²) in [5.74, 6) is -0.0504. The first-order valence-corrected chi connectivity index (χ1v) is 8.88. The third-order valence-corrected chi connectivity index (χ3v) is 4.69. The van der Waals surface area contributed by atoms with Gasteiger partial charge in [0, 0.05) is 13.1 Å². The number of aromatic nitrogens is 5. The Morgan fingerprint density at radius 2 is 1.77 bits per heavy atom. The van der Waals surface area contributed by atoms with E-state index >= 15 is 0 Å². The molecule has 2 aromatic heterocycles. The van der Waals surface area contributed by atoms with Gasteiger partial charge in [-0.05, 0) is 25.0 Å². The average Bonchev–Trinajstić information content (AvgIpc) is 2.91. The van der Waals surface area contributed by atoms with Crippen molar-refractivity contribution in [1.82, 2.24) is 29.4 Å². The fourth-order valence-corrected chi connectivity index (χ4v) is 3.27. The Bertz CT molecular complexity index is 970. The first-order chi connectivity index (χ1) is 12.7. The number of hydrogen-bond acceptors (Lipinski definition) is 5. The predicted molar refractivity (Wildman–Crippen MR) is 96.0 cm³/mol. The van der Waals surface area contributed by atoms with E-state index in [9.17, 15) is 9.59 Å². The van der Waals surface area contributed by atoms with Gasteiger partial charge in [-0.25, -0.2) is 4.98 Å². The number of carbonyl (C=O) groups is 1. The van der Waals surface area contributed by atoms with Crippen molar-refractivity contribution in [2.45, 2.75) is 32.2 Å². The molecule has 0 radical (unpaired) electrons. The number of fused-ring (bicyclic) bond motifs is 1. The second kappa shape index (κ2) is 7.07. The summed E-state index contributed by atoms with van der Waals surface area (Å²) in [6, 6.07) is 9.39. The molecule has 0 atom stereocenters. The second-order valence-corrected chi connectivity index (χ2v) is 6.48. The minimum atomic E-state index is -0.347. The van der Waals surface area contributed by atoms with Crippen LogP contribution in [0.4, 0.5) is 0 Å². The second-order valence-electron chi connectivity index (χ2n) is 6.48. The van der Waals surface area contributed by atoms with Crippen molar-refractivity contribution in [3.63, 3.8) is 0 Å². The van der Waals surface area contributed by atoms with Crippen molar-refractivity contribution in [2.24, 2.45) is 0 Å². The molecule has 8 heteroatoms. The molecule has 0 N–H and O–H groups in total. The van der Waals surface area contributed by atoms with Gasteiger partial charge in [0.05, 0.1) is 5.69 Å². The summed E-state index contributed by atoms with van der Waals surface area (Å²) in [4.78, 5) is 31.4. The van der Waals surface area contributed by atoms with Gasteiger partial charge in [-0.1, -0.05) is 36.3 Å². The maximum absolute atomic E-state index is 12.7. The van der Waals surface area contributed by atoms with Gasteiger partial charge in [-0.15, -0.1) is 5.10 Å². The van der Waals surface area contributed by atoms with Gasteiger partial charge in [0.2, 0.25) is 5.91 Å². The standard InChI is InChI=1S/C18H20N6O2/c25-15(22-10-6-1-2-7-11-22)12-23-13-19-17-16(18(23)26)20-21-24(17)14-8-4-3-5-9-14/h3-5,8-9,13H,1-2,6-7,10-12H2. The summed E-state index contributed by atoms with van der Waals surface area (Å²) in [6.45, 7) is 1.50. The molecule has 0 spiro atoms. The van der Waals surface area contributed by atoms with Crippen LogP contribution in [0.5, 0.6) is 0 Å². The lowest BCUT2D eigenvalue weighted by molar-refractivity contribution is -0.131. The van der Waals surface area contributed by atoms with Crippen LogP contribution in [0.25, 0.3) is 16.9 Å². The van der Waals surface area contributed by atoms with Gasteiger partial charge in [-0.3, -0.25) is 14.2 Å². The van der Waals surface area contributed by atoms with E-state index < -0.39 is 0 Å². The van der Waals surface area contributed by atoms with Crippen LogP contribution in [0, 0.1) is 0 Å². The van der Waals surface area contributed by atoms with Crippen molar-refractivity contribution < 1.29 is 4.79 Å². The van der Waals surface area contributed by atoms with Gasteiger partial charge >= 0.3 is 0 Å². The number of amides is 1. The fourth-order valence-electron chi connectivity index (χ4n) is 3.27. The zero-order valence-corrected chi connectivity index (χ0v) is 14.4. The third kappa shape index (κ3) is 3.10. The number of hydrogen-bond donors (Lipinski definition) is 0. The maximum atomic E-state index is 12.7. The number of para-hydroxylation sites is 1. The molecule has 26 heavy (non-hydrogen) atoms. The molecule has 1 aliphatic rings. The molecule has 3 heterocycles. The molecular weight excluding hydrogens is 332 g/mol. The minimum absolute atomic E-state index is 0.0139. The summed E-state index contributed by atoms with van der Waals surface area (Å²) in [7, 11) is 0. The first-order valence-electron chi connectivity index (χ1n) is 8.88. The summed E-state index contributed by atoms with van der Waals surface area (Å²) >= 11 is 0. The minimum Gasteiger partial charge on any atom is -0.341 e. The molecule has 8 nitrogen and oxygen atoms in total. The highest BCUT2D eigenvalue weighted by molar-refractivity contribution is 5.76. The van der Waals surface area contributed by atoms with Gasteiger partial charge in [0.25, 0.3) is 5.56 Å². The van der Waals surface area contributed by atoms with Gasteiger partial charge in [0.1, 0.15) is 12.9 Å². The van der Waals surface area contributed by atoms with Crippen molar-refractivity contribution in [3.8, 4) is 5.69 Å². The normalized spacial score (nSPS) is 15.2. The van der Waals surface area contributed by atoms with Crippen molar-refractivity contribution in [2.75, 3.05) is 13.1 Å². The highest BCUT2D eigenvalue weighted by Crippen LogP contribution is 2.12. The number of benzene rings is 1. The van der Waals surface area contributed by atoms with Crippen LogP contribution in [0.3, 0.4) is 0 Å². The quantitative estimate of drug-likeness (QED) is 0.711. The van der Waals surface area contributed by atoms with E-state index in [0.717, 1.165) is 44.5 Å². The molecule has 134 valence electrons. The molecular formula is C18H20N6O2. The lowest BCUT2D eigenvalue weighted by Gasteiger charge is -2.20. The molecule has 3 aromatic rings. The van der Waals surface area contributed by atoms with E-state index in [-0.39, 0.29) is 23.5 Å². The van der Waals surface area contributed by atoms with E-state index in [1.54, 1.807) is 0 Å². The van der Waals surface area contributed by atoms with E-state index in [4.69, 9.17) is 0 Å². The molecule has 1 aromatic carbocycles. The van der Waals surface area contributed by atoms with Crippen LogP contribution in [-0.4, -0.2) is 48.4 Å². The number of likely N-dealkylation sites (tertiary alicyclic amines) is 1. The molecule has 1 amide bonds. The van der Waals surface area contributed by atoms with Gasteiger partial charge < -0.3 is 4.90 Å². The first kappa shape index (κ1) is 16.4. The van der Waals surface area contributed by atoms with Crippen molar-refractivity contribution in [3.05, 3.63) is 47.0 Å². The highest BCUT2D eigenvalue weighted by Gasteiger charge is 2.18. The SMILES string of the molecule is O=C(Cn1cnc2c(nnn2-c2ccccc2)c1=O)N1CCCCCC1. The topological polar surface area (TPSA) is 85.9 Å². The molecule has 0 bridgehead atoms. The molecule has 0 aliphatic carbocycles. The lowest BCUT2D eigenvalue weighted by Crippen LogP contribution is -2.37. The van der Waals surface area contributed by atoms with Crippen LogP contribution in [0.15, 0.2) is 41.5 Å². The predicted octanol–water partition coefficient (Wildman–Crippen LogP) is 1.38. The van der Waals surface area contributed by atoms with Crippen LogP contribution in [0.2, 0.25) is 0 Å². The van der Waals surface area contributed by atoms with Crippen LogP contribution >= 0.6 is 0 Å². The Balaban J connectivity index is 1.62. The average molecular weight is 352 g/mol. The Morgan fingerprint density at radius 1 is 1.04 bits per heavy atom. The number of carbonyl (C=O) groups excluding carboxylic acids is 1. The van der Waals surface area contributed by atoms with Crippen molar-refractivity contribution in [1.29, 1.82) is 0 Å². The molecule has 1 fully saturated rings. The summed E-state index contributed by atoms with van der Waals surface area (Å²) in [5, 5.41) is 8.03. The third-order valence-electron chi connectivity index (χ3n) is 4.69. The highest BCUT2D eigenvalue weighted by atomic mass is 16.2. The van der Waals surface area contributed by atoms with E-state index in [1.165, 1.54) is 15.6 Å². The van der Waals surface area contributed by atoms with E-state index in [0.29, 0.717) is 5.65 Å². The Kier molecular flexibility index (Phi) is 4.47. The maximum Gasteiger partial charge on any atom is 0.284 e. The van der Waals surface area contributed by atoms with E-state index in [1.807, 2.05) is 35.2 Å². The summed E-state index contributed by atoms with van der Waals surface area (Å²) < 4.78 is 2.84. The van der Waals surface area contributed by atoms with Crippen LogP contribution in [0.1, 0.15) is 25.7 Å². The zero-order valence-electron chi connectivity index (χ0n) is 14.4. The van der Waals surface area contributed by atoms with Crippen molar-refractivity contribution >= 4 is 17.1 Å². The van der Waals surface area contributed by atoms with Crippen LogP contribution < -0.4 is 5.56 Å². The molecule has 0 unspecified atom stereocenters. The van der Waals surface area contributed by atoms with E-state index in [2.05, 4.69) is 15.3 Å². The summed E-state index contributed by atoms with van der Waals surface area (Å²) in [6.07, 6.45) is 5.75. The zero-order chi connectivity index (χ0) is 17.9. The monoisotopic (exact) mass is 352 g/mol. The molecule has 0 saturated carbocycles. The fraction of sp³-hybridized carbons (Fsp3) is 0.389. The molecule has 1 aliphatic heterocycles. The van der Waals surface area contributed by atoms with Gasteiger partial charge in [0.15, 0.2) is 11.2 Å². The Morgan fingerprint density at radius 3 is 2.50 bits per heavy atom.